The fourth-order valence-corrected chi connectivity index (χ4v) is 2.20. The molecule has 2 aromatic rings. The Morgan fingerprint density at radius 3 is 3.06 bits per heavy atom. The van der Waals surface area contributed by atoms with Crippen molar-refractivity contribution in [2.24, 2.45) is 0 Å². The molecule has 18 heavy (non-hydrogen) atoms. The first-order valence-corrected chi connectivity index (χ1v) is 6.88. The Morgan fingerprint density at radius 1 is 1.44 bits per heavy atom. The van der Waals surface area contributed by atoms with Crippen LogP contribution in [0.3, 0.4) is 0 Å². The van der Waals surface area contributed by atoms with Crippen molar-refractivity contribution < 1.29 is 4.74 Å². The molecule has 4 heteroatoms. The molecule has 0 bridgehead atoms. The van der Waals surface area contributed by atoms with Crippen molar-refractivity contribution in [2.45, 2.75) is 19.9 Å². The van der Waals surface area contributed by atoms with E-state index in [1.807, 2.05) is 25.3 Å². The van der Waals surface area contributed by atoms with E-state index in [9.17, 15) is 0 Å². The lowest BCUT2D eigenvalue weighted by Gasteiger charge is -2.16. The number of pyridine rings is 1. The summed E-state index contributed by atoms with van der Waals surface area (Å²) in [4.78, 5) is 4.46. The molecule has 3 nitrogen and oxygen atoms in total. The molecular weight excluding hydrogens is 292 g/mol. The third-order valence-electron chi connectivity index (χ3n) is 2.65. The zero-order valence-electron chi connectivity index (χ0n) is 10.6. The molecule has 1 unspecified atom stereocenters. The highest BCUT2D eigenvalue weighted by molar-refractivity contribution is 9.10. The number of nitrogens with zero attached hydrogens (tertiary/aromatic N) is 1. The monoisotopic (exact) mass is 308 g/mol. The lowest BCUT2D eigenvalue weighted by Crippen LogP contribution is -2.21. The van der Waals surface area contributed by atoms with E-state index in [2.05, 4.69) is 45.3 Å². The maximum absolute atomic E-state index is 5.41. The third kappa shape index (κ3) is 3.21. The van der Waals surface area contributed by atoms with Crippen molar-refractivity contribution in [3.05, 3.63) is 34.9 Å². The summed E-state index contributed by atoms with van der Waals surface area (Å²) in [5.74, 6) is 0. The number of hydrogen-bond acceptors (Lipinski definition) is 3. The molecule has 1 atom stereocenters. The summed E-state index contributed by atoms with van der Waals surface area (Å²) in [5, 5.41) is 4.56. The molecule has 96 valence electrons. The molecule has 0 aliphatic heterocycles. The molecule has 1 heterocycles. The summed E-state index contributed by atoms with van der Waals surface area (Å²) < 4.78 is 6.40. The van der Waals surface area contributed by atoms with Crippen LogP contribution in [-0.2, 0) is 4.74 Å². The average Bonchev–Trinajstić information content (AvgIpc) is 2.36. The molecule has 0 radical (unpaired) electrons. The number of rotatable bonds is 5. The number of aromatic nitrogens is 1. The number of anilines is 1. The average molecular weight is 309 g/mol. The molecule has 0 saturated carbocycles. The van der Waals surface area contributed by atoms with E-state index in [-0.39, 0.29) is 6.04 Å². The number of hydrogen-bond donors (Lipinski definition) is 1. The fraction of sp³-hybridized carbons (Fsp3) is 0.357. The number of fused-ring (bicyclic) bond motifs is 1. The summed E-state index contributed by atoms with van der Waals surface area (Å²) in [6, 6.07) is 8.48. The fourth-order valence-electron chi connectivity index (χ4n) is 1.85. The Balaban J connectivity index is 2.22. The second-order valence-corrected chi connectivity index (χ2v) is 5.15. The molecule has 0 spiro atoms. The normalized spacial score (nSPS) is 12.6. The molecule has 1 N–H and O–H groups in total. The van der Waals surface area contributed by atoms with E-state index in [0.717, 1.165) is 27.7 Å². The Hall–Kier alpha value is -1.13. The summed E-state index contributed by atoms with van der Waals surface area (Å²) in [6.45, 7) is 5.55. The van der Waals surface area contributed by atoms with Crippen molar-refractivity contribution in [3.63, 3.8) is 0 Å². The van der Waals surface area contributed by atoms with Gasteiger partial charge in [-0.1, -0.05) is 12.1 Å². The first kappa shape index (κ1) is 13.3. The Morgan fingerprint density at radius 2 is 2.28 bits per heavy atom. The second kappa shape index (κ2) is 6.16. The van der Waals surface area contributed by atoms with Crippen molar-refractivity contribution in [1.82, 2.24) is 4.98 Å². The van der Waals surface area contributed by atoms with Crippen molar-refractivity contribution in [2.75, 3.05) is 18.5 Å². The number of nitrogens with one attached hydrogen (secondary N) is 1. The van der Waals surface area contributed by atoms with E-state index in [4.69, 9.17) is 4.74 Å². The molecule has 0 fully saturated rings. The van der Waals surface area contributed by atoms with Crippen LogP contribution in [0.15, 0.2) is 34.9 Å². The number of benzene rings is 1. The van der Waals surface area contributed by atoms with Crippen molar-refractivity contribution in [1.29, 1.82) is 0 Å². The largest absolute Gasteiger partial charge is 0.380 e. The van der Waals surface area contributed by atoms with Crippen LogP contribution in [0, 0.1) is 0 Å². The van der Waals surface area contributed by atoms with Gasteiger partial charge in [-0.2, -0.15) is 0 Å². The van der Waals surface area contributed by atoms with Gasteiger partial charge in [0.15, 0.2) is 0 Å². The van der Waals surface area contributed by atoms with Crippen molar-refractivity contribution in [3.8, 4) is 0 Å². The van der Waals surface area contributed by atoms with Crippen LogP contribution in [-0.4, -0.2) is 24.2 Å². The molecule has 1 aromatic carbocycles. The highest BCUT2D eigenvalue weighted by atomic mass is 79.9. The minimum atomic E-state index is 0.265. The molecule has 0 saturated heterocycles. The topological polar surface area (TPSA) is 34.1 Å². The minimum absolute atomic E-state index is 0.265. The molecule has 0 aliphatic carbocycles. The van der Waals surface area contributed by atoms with Gasteiger partial charge in [-0.05, 0) is 41.9 Å². The number of ether oxygens (including phenoxy) is 1. The zero-order valence-corrected chi connectivity index (χ0v) is 12.2. The molecule has 1 aromatic heterocycles. The van der Waals surface area contributed by atoms with E-state index < -0.39 is 0 Å². The van der Waals surface area contributed by atoms with Gasteiger partial charge in [-0.25, -0.2) is 0 Å². The molecular formula is C14H17BrN2O. The van der Waals surface area contributed by atoms with Crippen LogP contribution in [0.25, 0.3) is 10.9 Å². The van der Waals surface area contributed by atoms with Gasteiger partial charge in [0, 0.05) is 28.7 Å². The molecule has 2 rings (SSSR count). The Bertz CT molecular complexity index is 530. The van der Waals surface area contributed by atoms with Crippen LogP contribution in [0.1, 0.15) is 13.8 Å². The smallest absolute Gasteiger partial charge is 0.0934 e. The van der Waals surface area contributed by atoms with Crippen LogP contribution < -0.4 is 5.32 Å². The SMILES string of the molecule is CCOCC(C)Nc1cccc2cc(Br)cnc12. The van der Waals surface area contributed by atoms with Gasteiger partial charge in [-0.3, -0.25) is 4.98 Å². The van der Waals surface area contributed by atoms with Gasteiger partial charge in [0.2, 0.25) is 0 Å². The quantitative estimate of drug-likeness (QED) is 0.911. The second-order valence-electron chi connectivity index (χ2n) is 4.24. The predicted molar refractivity (Wildman–Crippen MR) is 79.0 cm³/mol. The maximum atomic E-state index is 5.41. The highest BCUT2D eigenvalue weighted by Gasteiger charge is 2.06. The molecule has 0 amide bonds. The zero-order chi connectivity index (χ0) is 13.0. The van der Waals surface area contributed by atoms with Gasteiger partial charge in [0.25, 0.3) is 0 Å². The van der Waals surface area contributed by atoms with Gasteiger partial charge in [0.1, 0.15) is 0 Å². The van der Waals surface area contributed by atoms with Gasteiger partial charge < -0.3 is 10.1 Å². The summed E-state index contributed by atoms with van der Waals surface area (Å²) in [6.07, 6.45) is 1.82. The summed E-state index contributed by atoms with van der Waals surface area (Å²) in [7, 11) is 0. The van der Waals surface area contributed by atoms with Crippen LogP contribution in [0.5, 0.6) is 0 Å². The van der Waals surface area contributed by atoms with Crippen molar-refractivity contribution >= 4 is 32.5 Å². The molecule has 0 aliphatic rings. The van der Waals surface area contributed by atoms with E-state index in [0.29, 0.717) is 6.61 Å². The number of para-hydroxylation sites is 1. The van der Waals surface area contributed by atoms with E-state index in [1.165, 1.54) is 0 Å². The highest BCUT2D eigenvalue weighted by Crippen LogP contribution is 2.24. The van der Waals surface area contributed by atoms with Gasteiger partial charge in [-0.15, -0.1) is 0 Å². The lowest BCUT2D eigenvalue weighted by molar-refractivity contribution is 0.141. The van der Waals surface area contributed by atoms with Crippen LogP contribution in [0.4, 0.5) is 5.69 Å². The summed E-state index contributed by atoms with van der Waals surface area (Å²) in [5.41, 5.74) is 2.04. The maximum Gasteiger partial charge on any atom is 0.0934 e. The Labute approximate surface area is 116 Å². The lowest BCUT2D eigenvalue weighted by atomic mass is 10.2. The van der Waals surface area contributed by atoms with Crippen LogP contribution in [0.2, 0.25) is 0 Å². The Kier molecular flexibility index (Phi) is 4.55. The van der Waals surface area contributed by atoms with Crippen LogP contribution >= 0.6 is 15.9 Å². The first-order valence-electron chi connectivity index (χ1n) is 6.09. The first-order chi connectivity index (χ1) is 8.70. The predicted octanol–water partition coefficient (Wildman–Crippen LogP) is 3.83. The standard InChI is InChI=1S/C14H17BrN2O/c1-3-18-9-10(2)17-13-6-4-5-11-7-12(15)8-16-14(11)13/h4-8,10,17H,3,9H2,1-2H3. The van der Waals surface area contributed by atoms with E-state index >= 15 is 0 Å². The summed E-state index contributed by atoms with van der Waals surface area (Å²) >= 11 is 3.44. The van der Waals surface area contributed by atoms with Gasteiger partial charge >= 0.3 is 0 Å². The third-order valence-corrected chi connectivity index (χ3v) is 3.09. The number of halogens is 1. The minimum Gasteiger partial charge on any atom is -0.380 e. The van der Waals surface area contributed by atoms with E-state index in [1.54, 1.807) is 0 Å². The van der Waals surface area contributed by atoms with Gasteiger partial charge in [0.05, 0.1) is 17.8 Å².